The minimum atomic E-state index is 0.551. The molecule has 0 unspecified atom stereocenters. The Morgan fingerprint density at radius 2 is 1.71 bits per heavy atom. The molecule has 0 saturated carbocycles. The Kier molecular flexibility index (Phi) is 2.96. The lowest BCUT2D eigenvalue weighted by Crippen LogP contribution is -2.35. The summed E-state index contributed by atoms with van der Waals surface area (Å²) in [7, 11) is 3.97. The number of hydrogen-bond donors (Lipinski definition) is 1. The third-order valence-electron chi connectivity index (χ3n) is 0.516. The summed E-state index contributed by atoms with van der Waals surface area (Å²) in [5.74, 6) is 0. The van der Waals surface area contributed by atoms with Crippen LogP contribution in [-0.4, -0.2) is 25.1 Å². The third-order valence-corrected chi connectivity index (χ3v) is 0.516. The van der Waals surface area contributed by atoms with Crippen LogP contribution in [0.4, 0.5) is 0 Å². The predicted octanol–water partition coefficient (Wildman–Crippen LogP) is 0.461. The second-order valence-electron chi connectivity index (χ2n) is 2.18. The lowest BCUT2D eigenvalue weighted by molar-refractivity contribution is 0.259. The van der Waals surface area contributed by atoms with Gasteiger partial charge in [-0.2, -0.15) is 0 Å². The highest BCUT2D eigenvalue weighted by Gasteiger charge is 1.89. The van der Waals surface area contributed by atoms with E-state index < -0.39 is 0 Å². The lowest BCUT2D eigenvalue weighted by Gasteiger charge is -2.14. The van der Waals surface area contributed by atoms with Crippen LogP contribution in [0.15, 0.2) is 0 Å². The van der Waals surface area contributed by atoms with Gasteiger partial charge < -0.3 is 0 Å². The fraction of sp³-hybridized carbons (Fsp3) is 1.00. The standard InChI is InChI=1S/C5H14N2/c1-5(2)6-7(3)4/h5-6H,1-4H3. The van der Waals surface area contributed by atoms with E-state index >= 15 is 0 Å². The molecule has 0 aromatic carbocycles. The predicted molar refractivity (Wildman–Crippen MR) is 32.0 cm³/mol. The van der Waals surface area contributed by atoms with Gasteiger partial charge in [0.15, 0.2) is 0 Å². The van der Waals surface area contributed by atoms with Gasteiger partial charge in [-0.15, -0.1) is 0 Å². The number of rotatable bonds is 2. The van der Waals surface area contributed by atoms with Gasteiger partial charge in [0.1, 0.15) is 0 Å². The Morgan fingerprint density at radius 1 is 1.29 bits per heavy atom. The van der Waals surface area contributed by atoms with E-state index in [1.807, 2.05) is 19.1 Å². The van der Waals surface area contributed by atoms with E-state index in [0.717, 1.165) is 0 Å². The van der Waals surface area contributed by atoms with Crippen LogP contribution in [0.5, 0.6) is 0 Å². The molecule has 7 heavy (non-hydrogen) atoms. The molecule has 0 fully saturated rings. The molecule has 0 aliphatic heterocycles. The van der Waals surface area contributed by atoms with Crippen molar-refractivity contribution in [3.63, 3.8) is 0 Å². The molecule has 0 atom stereocenters. The van der Waals surface area contributed by atoms with Gasteiger partial charge in [0, 0.05) is 20.1 Å². The SMILES string of the molecule is CC(C)NN(C)C. The first-order chi connectivity index (χ1) is 3.13. The second-order valence-corrected chi connectivity index (χ2v) is 2.18. The topological polar surface area (TPSA) is 15.3 Å². The van der Waals surface area contributed by atoms with Crippen LogP contribution in [0.2, 0.25) is 0 Å². The van der Waals surface area contributed by atoms with Crippen LogP contribution in [-0.2, 0) is 0 Å². The molecule has 44 valence electrons. The molecule has 2 heteroatoms. The van der Waals surface area contributed by atoms with Crippen LogP contribution in [0.3, 0.4) is 0 Å². The van der Waals surface area contributed by atoms with Gasteiger partial charge in [0.25, 0.3) is 0 Å². The maximum absolute atomic E-state index is 3.14. The Bertz CT molecular complexity index is 35.3. The Morgan fingerprint density at radius 3 is 1.71 bits per heavy atom. The molecule has 0 aliphatic rings. The van der Waals surface area contributed by atoms with Crippen molar-refractivity contribution in [3.05, 3.63) is 0 Å². The monoisotopic (exact) mass is 102 g/mol. The largest absolute Gasteiger partial charge is 0.253 e. The number of nitrogens with zero attached hydrogens (tertiary/aromatic N) is 1. The smallest absolute Gasteiger partial charge is 0.0158 e. The molecule has 1 N–H and O–H groups in total. The molecule has 0 aliphatic carbocycles. The zero-order valence-electron chi connectivity index (χ0n) is 5.52. The second kappa shape index (κ2) is 2.99. The van der Waals surface area contributed by atoms with E-state index in [-0.39, 0.29) is 0 Å². The van der Waals surface area contributed by atoms with Crippen molar-refractivity contribution in [3.8, 4) is 0 Å². The normalized spacial score (nSPS) is 11.1. The van der Waals surface area contributed by atoms with Gasteiger partial charge in [-0.25, -0.2) is 0 Å². The van der Waals surface area contributed by atoms with E-state index in [0.29, 0.717) is 6.04 Å². The van der Waals surface area contributed by atoms with Crippen LogP contribution >= 0.6 is 0 Å². The minimum absolute atomic E-state index is 0.551. The summed E-state index contributed by atoms with van der Waals surface area (Å²) in [5.41, 5.74) is 3.14. The zero-order valence-corrected chi connectivity index (χ0v) is 5.52. The molecule has 0 spiro atoms. The fourth-order valence-electron chi connectivity index (χ4n) is 0.516. The highest BCUT2D eigenvalue weighted by Crippen LogP contribution is 1.74. The molecule has 0 aromatic heterocycles. The third kappa shape index (κ3) is 5.92. The molecule has 0 aromatic rings. The van der Waals surface area contributed by atoms with Crippen LogP contribution in [0, 0.1) is 0 Å². The quantitative estimate of drug-likeness (QED) is 0.510. The summed E-state index contributed by atoms with van der Waals surface area (Å²) < 4.78 is 0. The van der Waals surface area contributed by atoms with Crippen molar-refractivity contribution in [1.29, 1.82) is 0 Å². The zero-order chi connectivity index (χ0) is 5.86. The first kappa shape index (κ1) is 6.92. The van der Waals surface area contributed by atoms with Crippen LogP contribution in [0.1, 0.15) is 13.8 Å². The summed E-state index contributed by atoms with van der Waals surface area (Å²) in [6, 6.07) is 0.551. The minimum Gasteiger partial charge on any atom is -0.253 e. The molecule has 0 heterocycles. The Labute approximate surface area is 45.5 Å². The maximum Gasteiger partial charge on any atom is 0.0158 e. The highest BCUT2D eigenvalue weighted by molar-refractivity contribution is 4.43. The van der Waals surface area contributed by atoms with Gasteiger partial charge in [-0.1, -0.05) is 0 Å². The molecular formula is C5H14N2. The maximum atomic E-state index is 3.14. The van der Waals surface area contributed by atoms with Crippen molar-refractivity contribution in [1.82, 2.24) is 10.4 Å². The molecule has 0 radical (unpaired) electrons. The van der Waals surface area contributed by atoms with Crippen molar-refractivity contribution >= 4 is 0 Å². The summed E-state index contributed by atoms with van der Waals surface area (Å²) in [5, 5.41) is 1.95. The molecule has 0 rings (SSSR count). The highest BCUT2D eigenvalue weighted by atomic mass is 15.5. The summed E-state index contributed by atoms with van der Waals surface area (Å²) in [6.45, 7) is 4.22. The summed E-state index contributed by atoms with van der Waals surface area (Å²) in [6.07, 6.45) is 0. The summed E-state index contributed by atoms with van der Waals surface area (Å²) >= 11 is 0. The van der Waals surface area contributed by atoms with Gasteiger partial charge in [-0.05, 0) is 13.8 Å². The van der Waals surface area contributed by atoms with Crippen molar-refractivity contribution in [2.45, 2.75) is 19.9 Å². The van der Waals surface area contributed by atoms with Gasteiger partial charge in [0.2, 0.25) is 0 Å². The van der Waals surface area contributed by atoms with E-state index in [1.54, 1.807) is 0 Å². The Balaban J connectivity index is 2.95. The fourth-order valence-corrected chi connectivity index (χ4v) is 0.516. The van der Waals surface area contributed by atoms with Crippen LogP contribution in [0.25, 0.3) is 0 Å². The number of hydrazine groups is 1. The number of nitrogens with one attached hydrogen (secondary N) is 1. The van der Waals surface area contributed by atoms with Gasteiger partial charge in [-0.3, -0.25) is 10.4 Å². The average molecular weight is 102 g/mol. The first-order valence-electron chi connectivity index (χ1n) is 2.56. The van der Waals surface area contributed by atoms with Crippen LogP contribution < -0.4 is 5.43 Å². The van der Waals surface area contributed by atoms with Gasteiger partial charge in [0.05, 0.1) is 0 Å². The first-order valence-corrected chi connectivity index (χ1v) is 2.56. The summed E-state index contributed by atoms with van der Waals surface area (Å²) in [4.78, 5) is 0. The van der Waals surface area contributed by atoms with Gasteiger partial charge >= 0.3 is 0 Å². The van der Waals surface area contributed by atoms with E-state index in [9.17, 15) is 0 Å². The molecule has 2 nitrogen and oxygen atoms in total. The molecule has 0 bridgehead atoms. The number of hydrogen-bond acceptors (Lipinski definition) is 2. The van der Waals surface area contributed by atoms with Crippen molar-refractivity contribution in [2.75, 3.05) is 14.1 Å². The van der Waals surface area contributed by atoms with Crippen molar-refractivity contribution < 1.29 is 0 Å². The molecule has 0 saturated heterocycles. The molecule has 0 amide bonds. The van der Waals surface area contributed by atoms with E-state index in [2.05, 4.69) is 19.3 Å². The Hall–Kier alpha value is -0.0800. The molecular weight excluding hydrogens is 88.1 g/mol. The van der Waals surface area contributed by atoms with Crippen molar-refractivity contribution in [2.24, 2.45) is 0 Å². The lowest BCUT2D eigenvalue weighted by atomic mass is 10.4. The average Bonchev–Trinajstić information content (AvgIpc) is 1.27. The van der Waals surface area contributed by atoms with E-state index in [4.69, 9.17) is 0 Å². The van der Waals surface area contributed by atoms with E-state index in [1.165, 1.54) is 0 Å².